The molecule has 0 saturated heterocycles. The molecule has 6 heteroatoms. The maximum atomic E-state index is 11.2. The van der Waals surface area contributed by atoms with Gasteiger partial charge in [0.05, 0.1) is 23.5 Å². The van der Waals surface area contributed by atoms with Gasteiger partial charge in [-0.1, -0.05) is 0 Å². The zero-order valence-electron chi connectivity index (χ0n) is 10.9. The second-order valence-electron chi connectivity index (χ2n) is 4.42. The largest absolute Gasteiger partial charge is 0.478 e. The van der Waals surface area contributed by atoms with Gasteiger partial charge < -0.3 is 15.7 Å². The minimum Gasteiger partial charge on any atom is -0.478 e. The summed E-state index contributed by atoms with van der Waals surface area (Å²) in [4.78, 5) is 13.1. The first-order valence-corrected chi connectivity index (χ1v) is 5.80. The Hall–Kier alpha value is -2.50. The summed E-state index contributed by atoms with van der Waals surface area (Å²) in [6.07, 6.45) is 1.85. The lowest BCUT2D eigenvalue weighted by molar-refractivity contribution is 0.0697. The third-order valence-corrected chi connectivity index (χ3v) is 2.83. The maximum Gasteiger partial charge on any atom is 0.337 e. The number of anilines is 2. The van der Waals surface area contributed by atoms with Crippen LogP contribution in [0.25, 0.3) is 0 Å². The van der Waals surface area contributed by atoms with E-state index in [0.717, 1.165) is 5.69 Å². The van der Waals surface area contributed by atoms with E-state index in [1.54, 1.807) is 16.8 Å². The van der Waals surface area contributed by atoms with E-state index in [1.807, 2.05) is 31.3 Å². The van der Waals surface area contributed by atoms with Gasteiger partial charge in [0.25, 0.3) is 0 Å². The van der Waals surface area contributed by atoms with Crippen molar-refractivity contribution in [2.24, 2.45) is 7.05 Å². The normalized spacial score (nSPS) is 10.4. The maximum absolute atomic E-state index is 11.2. The van der Waals surface area contributed by atoms with Crippen LogP contribution in [0.15, 0.2) is 30.5 Å². The van der Waals surface area contributed by atoms with E-state index in [0.29, 0.717) is 17.9 Å². The highest BCUT2D eigenvalue weighted by molar-refractivity contribution is 5.95. The highest BCUT2D eigenvalue weighted by atomic mass is 16.4. The number of hydrogen-bond donors (Lipinski definition) is 2. The number of aryl methyl sites for hydroxylation is 1. The zero-order valence-corrected chi connectivity index (χ0v) is 10.9. The van der Waals surface area contributed by atoms with Crippen LogP contribution >= 0.6 is 0 Å². The standard InChI is InChI=1S/C13H16N4O2/c1-16(8-10-5-6-17(2)15-10)12-4-3-9(14)7-11(12)13(18)19/h3-7H,8,14H2,1-2H3,(H,18,19). The van der Waals surface area contributed by atoms with Crippen molar-refractivity contribution >= 4 is 17.3 Å². The van der Waals surface area contributed by atoms with E-state index in [-0.39, 0.29) is 5.56 Å². The number of hydrogen-bond acceptors (Lipinski definition) is 4. The fourth-order valence-electron chi connectivity index (χ4n) is 1.93. The summed E-state index contributed by atoms with van der Waals surface area (Å²) < 4.78 is 1.71. The molecule has 0 saturated carbocycles. The molecule has 2 rings (SSSR count). The number of rotatable bonds is 4. The Morgan fingerprint density at radius 1 is 1.47 bits per heavy atom. The minimum atomic E-state index is -0.991. The molecule has 1 aromatic carbocycles. The highest BCUT2D eigenvalue weighted by Crippen LogP contribution is 2.23. The van der Waals surface area contributed by atoms with Gasteiger partial charge in [-0.2, -0.15) is 5.10 Å². The van der Waals surface area contributed by atoms with Gasteiger partial charge >= 0.3 is 5.97 Å². The molecule has 6 nitrogen and oxygen atoms in total. The predicted octanol–water partition coefficient (Wildman–Crippen LogP) is 1.34. The van der Waals surface area contributed by atoms with E-state index in [1.165, 1.54) is 6.07 Å². The van der Waals surface area contributed by atoms with Crippen molar-refractivity contribution in [3.63, 3.8) is 0 Å². The summed E-state index contributed by atoms with van der Waals surface area (Å²) in [6, 6.07) is 6.76. The predicted molar refractivity (Wildman–Crippen MR) is 73.1 cm³/mol. The molecule has 2 aromatic rings. The molecule has 0 unspecified atom stereocenters. The molecule has 100 valence electrons. The quantitative estimate of drug-likeness (QED) is 0.810. The van der Waals surface area contributed by atoms with E-state index < -0.39 is 5.97 Å². The summed E-state index contributed by atoms with van der Waals surface area (Å²) in [5.74, 6) is -0.991. The average Bonchev–Trinajstić information content (AvgIpc) is 2.74. The Bertz CT molecular complexity index is 606. The number of carboxylic acids is 1. The summed E-state index contributed by atoms with van der Waals surface area (Å²) in [5.41, 5.74) is 7.75. The van der Waals surface area contributed by atoms with Crippen molar-refractivity contribution < 1.29 is 9.90 Å². The number of aromatic nitrogens is 2. The van der Waals surface area contributed by atoms with Gasteiger partial charge in [0.1, 0.15) is 0 Å². The summed E-state index contributed by atoms with van der Waals surface area (Å²) >= 11 is 0. The first-order chi connectivity index (χ1) is 8.97. The van der Waals surface area contributed by atoms with Crippen LogP contribution in [0.4, 0.5) is 11.4 Å². The second kappa shape index (κ2) is 5.01. The van der Waals surface area contributed by atoms with Gasteiger partial charge in [0.2, 0.25) is 0 Å². The van der Waals surface area contributed by atoms with Crippen molar-refractivity contribution in [2.45, 2.75) is 6.54 Å². The zero-order chi connectivity index (χ0) is 14.0. The lowest BCUT2D eigenvalue weighted by Gasteiger charge is -2.20. The van der Waals surface area contributed by atoms with E-state index >= 15 is 0 Å². The van der Waals surface area contributed by atoms with Crippen molar-refractivity contribution in [1.29, 1.82) is 0 Å². The van der Waals surface area contributed by atoms with Crippen LogP contribution in [0.5, 0.6) is 0 Å². The van der Waals surface area contributed by atoms with Gasteiger partial charge in [-0.25, -0.2) is 4.79 Å². The molecule has 0 aliphatic rings. The Kier molecular flexibility index (Phi) is 3.41. The Labute approximate surface area is 111 Å². The van der Waals surface area contributed by atoms with E-state index in [4.69, 9.17) is 5.73 Å². The number of nitrogens with two attached hydrogens (primary N) is 1. The van der Waals surface area contributed by atoms with Crippen LogP contribution < -0.4 is 10.6 Å². The molecular weight excluding hydrogens is 244 g/mol. The van der Waals surface area contributed by atoms with Crippen LogP contribution in [0, 0.1) is 0 Å². The molecule has 0 atom stereocenters. The fraction of sp³-hybridized carbons (Fsp3) is 0.231. The van der Waals surface area contributed by atoms with Crippen molar-refractivity contribution in [2.75, 3.05) is 17.7 Å². The van der Waals surface area contributed by atoms with E-state index in [9.17, 15) is 9.90 Å². The number of carbonyl (C=O) groups is 1. The molecule has 0 radical (unpaired) electrons. The van der Waals surface area contributed by atoms with Gasteiger partial charge in [-0.05, 0) is 24.3 Å². The molecule has 1 aromatic heterocycles. The minimum absolute atomic E-state index is 0.193. The van der Waals surface area contributed by atoms with Gasteiger partial charge in [-0.3, -0.25) is 4.68 Å². The molecule has 0 bridgehead atoms. The third kappa shape index (κ3) is 2.85. The number of nitrogen functional groups attached to an aromatic ring is 1. The van der Waals surface area contributed by atoms with Crippen molar-refractivity contribution in [1.82, 2.24) is 9.78 Å². The van der Waals surface area contributed by atoms with Crippen LogP contribution in [-0.4, -0.2) is 27.9 Å². The Morgan fingerprint density at radius 3 is 2.79 bits per heavy atom. The fourth-order valence-corrected chi connectivity index (χ4v) is 1.93. The van der Waals surface area contributed by atoms with Gasteiger partial charge in [0.15, 0.2) is 0 Å². The lowest BCUT2D eigenvalue weighted by atomic mass is 10.1. The van der Waals surface area contributed by atoms with Gasteiger partial charge in [0, 0.05) is 26.0 Å². The monoisotopic (exact) mass is 260 g/mol. The first-order valence-electron chi connectivity index (χ1n) is 5.80. The molecule has 3 N–H and O–H groups in total. The number of carboxylic acid groups (broad SMARTS) is 1. The van der Waals surface area contributed by atoms with Crippen molar-refractivity contribution in [3.8, 4) is 0 Å². The topological polar surface area (TPSA) is 84.4 Å². The van der Waals surface area contributed by atoms with Crippen LogP contribution in [0.2, 0.25) is 0 Å². The molecular formula is C13H16N4O2. The van der Waals surface area contributed by atoms with Crippen LogP contribution in [0.1, 0.15) is 16.1 Å². The molecule has 0 aliphatic heterocycles. The molecule has 19 heavy (non-hydrogen) atoms. The first kappa shape index (κ1) is 12.9. The van der Waals surface area contributed by atoms with E-state index in [2.05, 4.69) is 5.10 Å². The molecule has 0 spiro atoms. The number of benzene rings is 1. The molecule has 1 heterocycles. The molecule has 0 fully saturated rings. The van der Waals surface area contributed by atoms with Crippen molar-refractivity contribution in [3.05, 3.63) is 41.7 Å². The smallest absolute Gasteiger partial charge is 0.337 e. The highest BCUT2D eigenvalue weighted by Gasteiger charge is 2.14. The third-order valence-electron chi connectivity index (χ3n) is 2.83. The molecule has 0 amide bonds. The Morgan fingerprint density at radius 2 is 2.21 bits per heavy atom. The van der Waals surface area contributed by atoms with Crippen LogP contribution in [0.3, 0.4) is 0 Å². The Balaban J connectivity index is 2.28. The molecule has 0 aliphatic carbocycles. The lowest BCUT2D eigenvalue weighted by Crippen LogP contribution is -2.20. The summed E-state index contributed by atoms with van der Waals surface area (Å²) in [5, 5.41) is 13.5. The summed E-state index contributed by atoms with van der Waals surface area (Å²) in [6.45, 7) is 0.533. The number of aromatic carboxylic acids is 1. The second-order valence-corrected chi connectivity index (χ2v) is 4.42. The van der Waals surface area contributed by atoms with Crippen LogP contribution in [-0.2, 0) is 13.6 Å². The average molecular weight is 260 g/mol. The summed E-state index contributed by atoms with van der Waals surface area (Å²) in [7, 11) is 3.67. The number of nitrogens with zero attached hydrogens (tertiary/aromatic N) is 3. The van der Waals surface area contributed by atoms with Gasteiger partial charge in [-0.15, -0.1) is 0 Å². The SMILES string of the molecule is CN(Cc1ccn(C)n1)c1ccc(N)cc1C(=O)O.